The quantitative estimate of drug-likeness (QED) is 0.659. The molecule has 0 aliphatic heterocycles. The van der Waals surface area contributed by atoms with Crippen LogP contribution >= 0.6 is 0 Å². The van der Waals surface area contributed by atoms with Gasteiger partial charge in [-0.1, -0.05) is 30.3 Å². The molecule has 0 amide bonds. The summed E-state index contributed by atoms with van der Waals surface area (Å²) in [5.41, 5.74) is 3.74. The second-order valence-electron chi connectivity index (χ2n) is 6.64. The number of hydrogen-bond donors (Lipinski definition) is 0. The van der Waals surface area contributed by atoms with Gasteiger partial charge in [0, 0.05) is 30.0 Å². The van der Waals surface area contributed by atoms with Gasteiger partial charge in [0.15, 0.2) is 0 Å². The van der Waals surface area contributed by atoms with Crippen molar-refractivity contribution in [3.63, 3.8) is 0 Å². The Bertz CT molecular complexity index is 761. The van der Waals surface area contributed by atoms with Gasteiger partial charge in [-0.05, 0) is 43.9 Å². The molecule has 0 N–H and O–H groups in total. The van der Waals surface area contributed by atoms with Gasteiger partial charge < -0.3 is 9.47 Å². The van der Waals surface area contributed by atoms with Gasteiger partial charge >= 0.3 is 11.9 Å². The Morgan fingerprint density at radius 3 is 2.11 bits per heavy atom. The summed E-state index contributed by atoms with van der Waals surface area (Å²) in [7, 11) is 0. The summed E-state index contributed by atoms with van der Waals surface area (Å²) in [6.07, 6.45) is 3.50. The molecule has 1 aromatic carbocycles. The molecule has 5 heteroatoms. The molecule has 3 rings (SSSR count). The smallest absolute Gasteiger partial charge is 0.305 e. The first kappa shape index (κ1) is 19.1. The standard InChI is InChI=1S/C22H25NO4/c1-3-26-19(24)11-13-22(14-12-20(25)27-4-2)17-9-6-5-8-16(17)21-18(22)10-7-15-23-21/h5-10,15H,3-4,11-14H2,1-2H3. The van der Waals surface area contributed by atoms with Crippen LogP contribution in [0.4, 0.5) is 0 Å². The topological polar surface area (TPSA) is 65.5 Å². The Labute approximate surface area is 159 Å². The van der Waals surface area contributed by atoms with E-state index in [1.165, 1.54) is 0 Å². The second kappa shape index (κ2) is 8.33. The summed E-state index contributed by atoms with van der Waals surface area (Å²) >= 11 is 0. The molecule has 1 aliphatic rings. The molecule has 0 fully saturated rings. The van der Waals surface area contributed by atoms with Crippen molar-refractivity contribution in [2.75, 3.05) is 13.2 Å². The van der Waals surface area contributed by atoms with Crippen LogP contribution in [0.5, 0.6) is 0 Å². The molecule has 1 aromatic heterocycles. The maximum absolute atomic E-state index is 12.1. The summed E-state index contributed by atoms with van der Waals surface area (Å²) in [5, 5.41) is 0. The minimum Gasteiger partial charge on any atom is -0.466 e. The van der Waals surface area contributed by atoms with Crippen LogP contribution in [0.3, 0.4) is 0 Å². The molecule has 0 bridgehead atoms. The van der Waals surface area contributed by atoms with E-state index in [-0.39, 0.29) is 11.9 Å². The lowest BCUT2D eigenvalue weighted by atomic mass is 9.71. The first-order valence-electron chi connectivity index (χ1n) is 9.49. The van der Waals surface area contributed by atoms with Crippen LogP contribution in [-0.4, -0.2) is 30.1 Å². The van der Waals surface area contributed by atoms with E-state index in [0.717, 1.165) is 22.4 Å². The van der Waals surface area contributed by atoms with Crippen LogP contribution in [0.1, 0.15) is 50.7 Å². The molecule has 0 spiro atoms. The molecule has 1 heterocycles. The Hall–Kier alpha value is -2.69. The predicted octanol–water partition coefficient (Wildman–Crippen LogP) is 4.03. The highest BCUT2D eigenvalue weighted by atomic mass is 16.5. The zero-order valence-electron chi connectivity index (χ0n) is 15.9. The van der Waals surface area contributed by atoms with Crippen molar-refractivity contribution < 1.29 is 19.1 Å². The predicted molar refractivity (Wildman–Crippen MR) is 102 cm³/mol. The fourth-order valence-electron chi connectivity index (χ4n) is 4.02. The highest BCUT2D eigenvalue weighted by Crippen LogP contribution is 2.52. The van der Waals surface area contributed by atoms with E-state index in [4.69, 9.17) is 9.47 Å². The van der Waals surface area contributed by atoms with Crippen molar-refractivity contribution in [2.24, 2.45) is 0 Å². The van der Waals surface area contributed by atoms with Gasteiger partial charge in [-0.15, -0.1) is 0 Å². The number of rotatable bonds is 8. The lowest BCUT2D eigenvalue weighted by Gasteiger charge is -2.31. The number of carbonyl (C=O) groups is 2. The van der Waals surface area contributed by atoms with Crippen molar-refractivity contribution in [1.82, 2.24) is 4.98 Å². The average Bonchev–Trinajstić information content (AvgIpc) is 2.96. The second-order valence-corrected chi connectivity index (χ2v) is 6.64. The number of benzene rings is 1. The molecule has 0 radical (unpaired) electrons. The SMILES string of the molecule is CCOC(=O)CCC1(CCC(=O)OCC)c2ccccc2-c2ncccc21. The highest BCUT2D eigenvalue weighted by molar-refractivity contribution is 5.79. The molecule has 2 aromatic rings. The van der Waals surface area contributed by atoms with Crippen molar-refractivity contribution in [2.45, 2.75) is 44.9 Å². The summed E-state index contributed by atoms with van der Waals surface area (Å²) in [5.74, 6) is -0.439. The Balaban J connectivity index is 2.00. The Morgan fingerprint density at radius 1 is 0.889 bits per heavy atom. The maximum atomic E-state index is 12.1. The van der Waals surface area contributed by atoms with E-state index >= 15 is 0 Å². The molecule has 1 aliphatic carbocycles. The molecule has 27 heavy (non-hydrogen) atoms. The first-order chi connectivity index (χ1) is 13.1. The van der Waals surface area contributed by atoms with Crippen molar-refractivity contribution in [3.8, 4) is 11.3 Å². The van der Waals surface area contributed by atoms with E-state index < -0.39 is 5.41 Å². The van der Waals surface area contributed by atoms with Gasteiger partial charge in [-0.25, -0.2) is 0 Å². The summed E-state index contributed by atoms with van der Waals surface area (Å²) in [6, 6.07) is 12.1. The van der Waals surface area contributed by atoms with Crippen LogP contribution in [0.25, 0.3) is 11.3 Å². The molecular formula is C22H25NO4. The first-order valence-corrected chi connectivity index (χ1v) is 9.49. The molecule has 0 atom stereocenters. The summed E-state index contributed by atoms with van der Waals surface area (Å²) in [6.45, 7) is 4.34. The van der Waals surface area contributed by atoms with Crippen LogP contribution < -0.4 is 0 Å². The third-order valence-electron chi connectivity index (χ3n) is 5.14. The van der Waals surface area contributed by atoms with Gasteiger partial charge in [0.05, 0.1) is 18.9 Å². The molecule has 5 nitrogen and oxygen atoms in total. The van der Waals surface area contributed by atoms with Gasteiger partial charge in [0.1, 0.15) is 0 Å². The van der Waals surface area contributed by atoms with Crippen LogP contribution in [0, 0.1) is 0 Å². The van der Waals surface area contributed by atoms with E-state index in [1.54, 1.807) is 20.0 Å². The molecule has 0 saturated carbocycles. The lowest BCUT2D eigenvalue weighted by molar-refractivity contribution is -0.143. The highest BCUT2D eigenvalue weighted by Gasteiger charge is 2.44. The molecular weight excluding hydrogens is 342 g/mol. The van der Waals surface area contributed by atoms with Crippen LogP contribution in [0.2, 0.25) is 0 Å². The minimum atomic E-state index is -0.445. The summed E-state index contributed by atoms with van der Waals surface area (Å²) < 4.78 is 10.3. The van der Waals surface area contributed by atoms with E-state index in [2.05, 4.69) is 23.2 Å². The zero-order valence-corrected chi connectivity index (χ0v) is 15.9. The Kier molecular flexibility index (Phi) is 5.89. The minimum absolute atomic E-state index is 0.220. The Morgan fingerprint density at radius 2 is 1.48 bits per heavy atom. The van der Waals surface area contributed by atoms with Crippen molar-refractivity contribution >= 4 is 11.9 Å². The van der Waals surface area contributed by atoms with Crippen molar-refractivity contribution in [3.05, 3.63) is 53.7 Å². The number of esters is 2. The number of pyridine rings is 1. The molecule has 142 valence electrons. The molecule has 0 saturated heterocycles. The number of hydrogen-bond acceptors (Lipinski definition) is 5. The largest absolute Gasteiger partial charge is 0.466 e. The third kappa shape index (κ3) is 3.72. The van der Waals surface area contributed by atoms with E-state index in [0.29, 0.717) is 38.9 Å². The average molecular weight is 367 g/mol. The number of nitrogens with zero attached hydrogens (tertiary/aromatic N) is 1. The fraction of sp³-hybridized carbons (Fsp3) is 0.409. The fourth-order valence-corrected chi connectivity index (χ4v) is 4.02. The lowest BCUT2D eigenvalue weighted by Crippen LogP contribution is -2.28. The number of ether oxygens (including phenoxy) is 2. The van der Waals surface area contributed by atoms with Crippen molar-refractivity contribution in [1.29, 1.82) is 0 Å². The van der Waals surface area contributed by atoms with Crippen LogP contribution in [-0.2, 0) is 24.5 Å². The van der Waals surface area contributed by atoms with E-state index in [1.807, 2.05) is 18.2 Å². The number of aromatic nitrogens is 1. The zero-order chi connectivity index (χ0) is 19.3. The normalized spacial score (nSPS) is 13.6. The third-order valence-corrected chi connectivity index (χ3v) is 5.14. The van der Waals surface area contributed by atoms with E-state index in [9.17, 15) is 9.59 Å². The molecule has 0 unspecified atom stereocenters. The van der Waals surface area contributed by atoms with Gasteiger partial charge in [0.25, 0.3) is 0 Å². The monoisotopic (exact) mass is 367 g/mol. The van der Waals surface area contributed by atoms with Gasteiger partial charge in [0.2, 0.25) is 0 Å². The summed E-state index contributed by atoms with van der Waals surface area (Å²) in [4.78, 5) is 28.7. The number of carbonyl (C=O) groups excluding carboxylic acids is 2. The number of fused-ring (bicyclic) bond motifs is 3. The van der Waals surface area contributed by atoms with Gasteiger partial charge in [-0.2, -0.15) is 0 Å². The van der Waals surface area contributed by atoms with Gasteiger partial charge in [-0.3, -0.25) is 14.6 Å². The maximum Gasteiger partial charge on any atom is 0.305 e. The van der Waals surface area contributed by atoms with Crippen LogP contribution in [0.15, 0.2) is 42.6 Å².